The third kappa shape index (κ3) is 3.90. The molecule has 3 atom stereocenters. The Morgan fingerprint density at radius 1 is 1.68 bits per heavy atom. The van der Waals surface area contributed by atoms with Gasteiger partial charge in [-0.2, -0.15) is 0 Å². The Balaban J connectivity index is 2.54. The van der Waals surface area contributed by atoms with E-state index in [2.05, 4.69) is 5.32 Å². The number of aliphatic hydroxyl groups is 1. The maximum atomic E-state index is 11.0. The van der Waals surface area contributed by atoms with Crippen molar-refractivity contribution in [2.45, 2.75) is 24.4 Å². The van der Waals surface area contributed by atoms with Gasteiger partial charge in [0.1, 0.15) is 11.8 Å². The quantitative estimate of drug-likeness (QED) is 0.319. The van der Waals surface area contributed by atoms with Crippen molar-refractivity contribution in [2.75, 3.05) is 19.6 Å². The molecule has 0 aromatic rings. The number of amides is 2. The van der Waals surface area contributed by atoms with E-state index < -0.39 is 17.7 Å². The number of carbonyl (C=O) groups excluding carboxylic acids is 2. The minimum Gasteiger partial charge on any atom is -0.393 e. The third-order valence-corrected chi connectivity index (χ3v) is 3.34. The second kappa shape index (κ2) is 7.44. The lowest BCUT2D eigenvalue weighted by molar-refractivity contribution is -0.121. The molecule has 0 radical (unpaired) electrons. The SMILES string of the molecule is CO[C@H]1C[C@H](N/C=C\C(=O)NC=O)O[C@@]1(CO)CCl. The smallest absolute Gasteiger partial charge is 0.251 e. The maximum absolute atomic E-state index is 11.0. The molecule has 0 aliphatic carbocycles. The number of methoxy groups -OCH3 is 1. The highest BCUT2D eigenvalue weighted by Crippen LogP contribution is 2.32. The molecule has 2 amide bonds. The number of rotatable bonds is 7. The average Bonchev–Trinajstić information content (AvgIpc) is 2.77. The summed E-state index contributed by atoms with van der Waals surface area (Å²) in [6.45, 7) is -0.261. The van der Waals surface area contributed by atoms with Gasteiger partial charge in [-0.3, -0.25) is 14.9 Å². The van der Waals surface area contributed by atoms with Crippen LogP contribution >= 0.6 is 11.6 Å². The molecule has 7 nitrogen and oxygen atoms in total. The molecule has 0 unspecified atom stereocenters. The molecule has 3 N–H and O–H groups in total. The number of imide groups is 1. The Labute approximate surface area is 115 Å². The molecule has 0 bridgehead atoms. The first-order chi connectivity index (χ1) is 9.11. The molecule has 19 heavy (non-hydrogen) atoms. The van der Waals surface area contributed by atoms with Crippen molar-refractivity contribution in [3.05, 3.63) is 12.3 Å². The van der Waals surface area contributed by atoms with Gasteiger partial charge >= 0.3 is 0 Å². The molecule has 0 spiro atoms. The van der Waals surface area contributed by atoms with E-state index in [4.69, 9.17) is 21.1 Å². The van der Waals surface area contributed by atoms with Crippen LogP contribution in [0.25, 0.3) is 0 Å². The van der Waals surface area contributed by atoms with Crippen molar-refractivity contribution in [3.8, 4) is 0 Å². The lowest BCUT2D eigenvalue weighted by Gasteiger charge is -2.29. The maximum Gasteiger partial charge on any atom is 0.251 e. The van der Waals surface area contributed by atoms with Gasteiger partial charge in [0, 0.05) is 25.8 Å². The normalized spacial score (nSPS) is 30.5. The van der Waals surface area contributed by atoms with Gasteiger partial charge in [0.05, 0.1) is 18.6 Å². The molecule has 1 aliphatic rings. The van der Waals surface area contributed by atoms with Crippen molar-refractivity contribution in [3.63, 3.8) is 0 Å². The van der Waals surface area contributed by atoms with Gasteiger partial charge in [-0.05, 0) is 0 Å². The third-order valence-electron chi connectivity index (χ3n) is 2.89. The Kier molecular flexibility index (Phi) is 6.23. The summed E-state index contributed by atoms with van der Waals surface area (Å²) in [7, 11) is 1.51. The van der Waals surface area contributed by atoms with Crippen LogP contribution in [0, 0.1) is 0 Å². The van der Waals surface area contributed by atoms with Gasteiger partial charge in [0.25, 0.3) is 5.91 Å². The fourth-order valence-corrected chi connectivity index (χ4v) is 2.19. The van der Waals surface area contributed by atoms with Crippen molar-refractivity contribution in [2.24, 2.45) is 0 Å². The highest BCUT2D eigenvalue weighted by Gasteiger charge is 2.48. The molecule has 1 saturated heterocycles. The van der Waals surface area contributed by atoms with Crippen molar-refractivity contribution in [1.29, 1.82) is 0 Å². The van der Waals surface area contributed by atoms with Crippen molar-refractivity contribution >= 4 is 23.9 Å². The molecule has 1 fully saturated rings. The number of hydrogen-bond acceptors (Lipinski definition) is 6. The summed E-state index contributed by atoms with van der Waals surface area (Å²) in [6, 6.07) is 0. The molecule has 1 heterocycles. The Morgan fingerprint density at radius 2 is 2.42 bits per heavy atom. The number of halogens is 1. The van der Waals surface area contributed by atoms with E-state index in [0.29, 0.717) is 12.8 Å². The van der Waals surface area contributed by atoms with Crippen LogP contribution in [-0.4, -0.2) is 55.0 Å². The van der Waals surface area contributed by atoms with Crippen LogP contribution in [0.5, 0.6) is 0 Å². The van der Waals surface area contributed by atoms with Crippen LogP contribution in [0.15, 0.2) is 12.3 Å². The first-order valence-corrected chi connectivity index (χ1v) is 6.19. The van der Waals surface area contributed by atoms with E-state index >= 15 is 0 Å². The predicted molar refractivity (Wildman–Crippen MR) is 67.3 cm³/mol. The van der Waals surface area contributed by atoms with E-state index in [-0.39, 0.29) is 18.6 Å². The molecular weight excluding hydrogens is 276 g/mol. The van der Waals surface area contributed by atoms with E-state index in [1.54, 1.807) is 0 Å². The number of aliphatic hydroxyl groups excluding tert-OH is 1. The summed E-state index contributed by atoms with van der Waals surface area (Å²) in [5.41, 5.74) is -0.952. The number of nitrogens with one attached hydrogen (secondary N) is 2. The molecule has 8 heteroatoms. The van der Waals surface area contributed by atoms with Gasteiger partial charge in [-0.25, -0.2) is 0 Å². The summed E-state index contributed by atoms with van der Waals surface area (Å²) >= 11 is 5.82. The fraction of sp³-hybridized carbons (Fsp3) is 0.636. The number of carbonyl (C=O) groups is 2. The van der Waals surface area contributed by atoms with E-state index in [1.165, 1.54) is 13.3 Å². The zero-order valence-electron chi connectivity index (χ0n) is 10.5. The van der Waals surface area contributed by atoms with Gasteiger partial charge in [0.15, 0.2) is 0 Å². The van der Waals surface area contributed by atoms with Gasteiger partial charge < -0.3 is 19.9 Å². The highest BCUT2D eigenvalue weighted by atomic mass is 35.5. The van der Waals surface area contributed by atoms with Crippen LogP contribution in [0.4, 0.5) is 0 Å². The summed E-state index contributed by atoms with van der Waals surface area (Å²) in [6.07, 6.45) is 2.51. The van der Waals surface area contributed by atoms with E-state index in [9.17, 15) is 14.7 Å². The molecule has 0 saturated carbocycles. The molecule has 0 aromatic carbocycles. The lowest BCUT2D eigenvalue weighted by Crippen LogP contribution is -2.46. The van der Waals surface area contributed by atoms with Crippen LogP contribution < -0.4 is 10.6 Å². The molecule has 1 rings (SSSR count). The summed E-state index contributed by atoms with van der Waals surface area (Å²) in [4.78, 5) is 21.0. The first-order valence-electron chi connectivity index (χ1n) is 5.66. The monoisotopic (exact) mass is 292 g/mol. The molecule has 1 aliphatic heterocycles. The largest absolute Gasteiger partial charge is 0.393 e. The van der Waals surface area contributed by atoms with Gasteiger partial charge in [-0.1, -0.05) is 0 Å². The van der Waals surface area contributed by atoms with Crippen LogP contribution in [0.2, 0.25) is 0 Å². The van der Waals surface area contributed by atoms with Gasteiger partial charge in [0.2, 0.25) is 6.41 Å². The summed E-state index contributed by atoms with van der Waals surface area (Å²) < 4.78 is 10.9. The van der Waals surface area contributed by atoms with Crippen LogP contribution in [0.1, 0.15) is 6.42 Å². The summed E-state index contributed by atoms with van der Waals surface area (Å²) in [5.74, 6) is -0.454. The molecule has 108 valence electrons. The standard InChI is InChI=1S/C11H17ClN2O5/c1-18-8-4-10(19-11(8,5-12)6-15)13-3-2-9(17)14-7-16/h2-3,7-8,10,13,15H,4-6H2,1H3,(H,14,16,17)/b3-2-/t8-,10+,11+/m0/s1. The topological polar surface area (TPSA) is 96.9 Å². The predicted octanol–water partition coefficient (Wildman–Crippen LogP) is -0.906. The van der Waals surface area contributed by atoms with Crippen LogP contribution in [-0.2, 0) is 19.1 Å². The highest BCUT2D eigenvalue weighted by molar-refractivity contribution is 6.18. The number of hydrogen-bond donors (Lipinski definition) is 3. The fourth-order valence-electron chi connectivity index (χ4n) is 1.87. The molecular formula is C11H17ClN2O5. The zero-order valence-corrected chi connectivity index (χ0v) is 11.2. The second-order valence-electron chi connectivity index (χ2n) is 4.05. The van der Waals surface area contributed by atoms with E-state index in [0.717, 1.165) is 6.08 Å². The van der Waals surface area contributed by atoms with Gasteiger partial charge in [-0.15, -0.1) is 11.6 Å². The second-order valence-corrected chi connectivity index (χ2v) is 4.32. The minimum absolute atomic E-state index is 0.0928. The van der Waals surface area contributed by atoms with Crippen LogP contribution in [0.3, 0.4) is 0 Å². The summed E-state index contributed by atoms with van der Waals surface area (Å²) in [5, 5.41) is 14.2. The lowest BCUT2D eigenvalue weighted by atomic mass is 10.00. The minimum atomic E-state index is -0.952. The Bertz CT molecular complexity index is 346. The van der Waals surface area contributed by atoms with Crippen molar-refractivity contribution < 1.29 is 24.2 Å². The van der Waals surface area contributed by atoms with E-state index in [1.807, 2.05) is 5.32 Å². The number of alkyl halides is 1. The number of ether oxygens (including phenoxy) is 2. The Hall–Kier alpha value is -1.15. The Morgan fingerprint density at radius 3 is 2.89 bits per heavy atom. The van der Waals surface area contributed by atoms with Crippen molar-refractivity contribution in [1.82, 2.24) is 10.6 Å². The molecule has 0 aromatic heterocycles. The average molecular weight is 293 g/mol. The zero-order chi connectivity index (χ0) is 14.3. The first kappa shape index (κ1) is 15.9.